The van der Waals surface area contributed by atoms with Crippen molar-refractivity contribution >= 4 is 17.0 Å². The van der Waals surface area contributed by atoms with Crippen LogP contribution < -0.4 is 5.73 Å². The van der Waals surface area contributed by atoms with Gasteiger partial charge in [0.05, 0.1) is 11.0 Å². The van der Waals surface area contributed by atoms with Crippen LogP contribution in [-0.2, 0) is 6.54 Å². The number of rotatable bonds is 4. The number of anilines is 1. The van der Waals surface area contributed by atoms with Crippen LogP contribution in [0.3, 0.4) is 0 Å². The van der Waals surface area contributed by atoms with E-state index < -0.39 is 0 Å². The van der Waals surface area contributed by atoms with Crippen molar-refractivity contribution in [2.75, 3.05) is 12.8 Å². The van der Waals surface area contributed by atoms with Crippen LogP contribution in [0, 0.1) is 5.82 Å². The third-order valence-electron chi connectivity index (χ3n) is 4.00. The summed E-state index contributed by atoms with van der Waals surface area (Å²) in [6.07, 6.45) is 2.57. The Kier molecular flexibility index (Phi) is 2.93. The average Bonchev–Trinajstić information content (AvgIpc) is 3.15. The first kappa shape index (κ1) is 12.4. The van der Waals surface area contributed by atoms with E-state index in [-0.39, 0.29) is 5.82 Å². The molecule has 5 heteroatoms. The summed E-state index contributed by atoms with van der Waals surface area (Å²) in [6.45, 7) is 2.97. The highest BCUT2D eigenvalue weighted by Gasteiger charge is 2.29. The maximum atomic E-state index is 13.2. The van der Waals surface area contributed by atoms with E-state index in [9.17, 15) is 4.39 Å². The zero-order valence-corrected chi connectivity index (χ0v) is 11.3. The van der Waals surface area contributed by atoms with Gasteiger partial charge in [-0.3, -0.25) is 4.90 Å². The van der Waals surface area contributed by atoms with Gasteiger partial charge in [-0.05, 0) is 38.9 Å². The predicted molar refractivity (Wildman–Crippen MR) is 74.4 cm³/mol. The molecule has 0 radical (unpaired) electrons. The van der Waals surface area contributed by atoms with E-state index in [1.165, 1.54) is 25.0 Å². The lowest BCUT2D eigenvalue weighted by Gasteiger charge is -2.25. The first-order valence-corrected chi connectivity index (χ1v) is 6.69. The summed E-state index contributed by atoms with van der Waals surface area (Å²) >= 11 is 0. The SMILES string of the molecule is CC(Cn1c(N)nc2cc(F)ccc21)N(C)C1CC1. The molecule has 1 aliphatic carbocycles. The topological polar surface area (TPSA) is 47.1 Å². The minimum atomic E-state index is -0.278. The van der Waals surface area contributed by atoms with Crippen molar-refractivity contribution in [1.29, 1.82) is 0 Å². The largest absolute Gasteiger partial charge is 0.369 e. The first-order valence-electron chi connectivity index (χ1n) is 6.69. The Morgan fingerprint density at radius 3 is 2.95 bits per heavy atom. The van der Waals surface area contributed by atoms with Gasteiger partial charge in [0.15, 0.2) is 0 Å². The Morgan fingerprint density at radius 2 is 2.26 bits per heavy atom. The van der Waals surface area contributed by atoms with E-state index in [2.05, 4.69) is 23.9 Å². The van der Waals surface area contributed by atoms with E-state index in [4.69, 9.17) is 5.73 Å². The van der Waals surface area contributed by atoms with Crippen molar-refractivity contribution in [3.05, 3.63) is 24.0 Å². The highest BCUT2D eigenvalue weighted by atomic mass is 19.1. The molecule has 19 heavy (non-hydrogen) atoms. The highest BCUT2D eigenvalue weighted by molar-refractivity contribution is 5.78. The number of fused-ring (bicyclic) bond motifs is 1. The maximum Gasteiger partial charge on any atom is 0.201 e. The third kappa shape index (κ3) is 2.30. The summed E-state index contributed by atoms with van der Waals surface area (Å²) in [7, 11) is 2.15. The molecule has 1 unspecified atom stereocenters. The number of imidazole rings is 1. The molecule has 4 nitrogen and oxygen atoms in total. The van der Waals surface area contributed by atoms with E-state index in [1.54, 1.807) is 6.07 Å². The van der Waals surface area contributed by atoms with Crippen molar-refractivity contribution in [3.8, 4) is 0 Å². The fourth-order valence-corrected chi connectivity index (χ4v) is 2.55. The number of nitrogen functional groups attached to an aromatic ring is 1. The molecule has 0 aliphatic heterocycles. The molecule has 0 amide bonds. The molecule has 1 aromatic carbocycles. The Bertz CT molecular complexity index is 603. The number of likely N-dealkylation sites (N-methyl/N-ethyl adjacent to an activating group) is 1. The molecule has 1 saturated carbocycles. The first-order chi connectivity index (χ1) is 9.06. The van der Waals surface area contributed by atoms with Crippen LogP contribution in [0.2, 0.25) is 0 Å². The van der Waals surface area contributed by atoms with Crippen molar-refractivity contribution in [2.45, 2.75) is 38.4 Å². The van der Waals surface area contributed by atoms with Gasteiger partial charge in [0.25, 0.3) is 0 Å². The van der Waals surface area contributed by atoms with Gasteiger partial charge < -0.3 is 10.3 Å². The van der Waals surface area contributed by atoms with Gasteiger partial charge in [0.2, 0.25) is 5.95 Å². The molecule has 1 heterocycles. The quantitative estimate of drug-likeness (QED) is 0.919. The van der Waals surface area contributed by atoms with E-state index in [0.29, 0.717) is 23.5 Å². The van der Waals surface area contributed by atoms with Gasteiger partial charge in [0, 0.05) is 24.7 Å². The Balaban J connectivity index is 1.89. The van der Waals surface area contributed by atoms with Crippen LogP contribution in [0.5, 0.6) is 0 Å². The van der Waals surface area contributed by atoms with Crippen molar-refractivity contribution in [2.24, 2.45) is 0 Å². The number of nitrogens with two attached hydrogens (primary N) is 1. The number of aromatic nitrogens is 2. The molecule has 0 saturated heterocycles. The summed E-state index contributed by atoms with van der Waals surface area (Å²) in [5.41, 5.74) is 7.48. The van der Waals surface area contributed by atoms with Gasteiger partial charge in [-0.2, -0.15) is 0 Å². The van der Waals surface area contributed by atoms with Crippen LogP contribution in [0.4, 0.5) is 10.3 Å². The van der Waals surface area contributed by atoms with Crippen LogP contribution in [0.25, 0.3) is 11.0 Å². The third-order valence-corrected chi connectivity index (χ3v) is 4.00. The summed E-state index contributed by atoms with van der Waals surface area (Å²) in [5.74, 6) is 0.178. The van der Waals surface area contributed by atoms with E-state index in [0.717, 1.165) is 12.1 Å². The summed E-state index contributed by atoms with van der Waals surface area (Å²) in [6, 6.07) is 5.73. The number of hydrogen-bond acceptors (Lipinski definition) is 3. The molecule has 0 spiro atoms. The van der Waals surface area contributed by atoms with E-state index in [1.807, 2.05) is 4.57 Å². The fourth-order valence-electron chi connectivity index (χ4n) is 2.55. The Hall–Kier alpha value is -1.62. The zero-order valence-electron chi connectivity index (χ0n) is 11.3. The second kappa shape index (κ2) is 4.49. The standard InChI is InChI=1S/C14H19FN4/c1-9(18(2)11-4-5-11)8-19-13-6-3-10(15)7-12(13)17-14(19)16/h3,6-7,9,11H,4-5,8H2,1-2H3,(H2,16,17). The maximum absolute atomic E-state index is 13.2. The Morgan fingerprint density at radius 1 is 1.53 bits per heavy atom. The molecular weight excluding hydrogens is 243 g/mol. The molecule has 2 aromatic rings. The lowest BCUT2D eigenvalue weighted by Crippen LogP contribution is -2.34. The van der Waals surface area contributed by atoms with Crippen LogP contribution >= 0.6 is 0 Å². The molecule has 1 fully saturated rings. The van der Waals surface area contributed by atoms with Crippen molar-refractivity contribution in [1.82, 2.24) is 14.5 Å². The minimum absolute atomic E-state index is 0.278. The minimum Gasteiger partial charge on any atom is -0.369 e. The average molecular weight is 262 g/mol. The van der Waals surface area contributed by atoms with Crippen LogP contribution in [-0.4, -0.2) is 33.6 Å². The number of benzene rings is 1. The molecular formula is C14H19FN4. The normalized spacial score (nSPS) is 17.3. The summed E-state index contributed by atoms with van der Waals surface area (Å²) < 4.78 is 15.2. The lowest BCUT2D eigenvalue weighted by molar-refractivity contribution is 0.228. The number of nitrogens with zero attached hydrogens (tertiary/aromatic N) is 3. The lowest BCUT2D eigenvalue weighted by atomic mass is 10.2. The second-order valence-corrected chi connectivity index (χ2v) is 5.46. The molecule has 1 aromatic heterocycles. The zero-order chi connectivity index (χ0) is 13.6. The van der Waals surface area contributed by atoms with Gasteiger partial charge in [-0.1, -0.05) is 0 Å². The summed E-state index contributed by atoms with van der Waals surface area (Å²) in [5, 5.41) is 0. The molecule has 1 aliphatic rings. The highest BCUT2D eigenvalue weighted by Crippen LogP contribution is 2.28. The molecule has 1 atom stereocenters. The molecule has 3 rings (SSSR count). The van der Waals surface area contributed by atoms with Gasteiger partial charge in [-0.25, -0.2) is 9.37 Å². The van der Waals surface area contributed by atoms with E-state index >= 15 is 0 Å². The molecule has 102 valence electrons. The fraction of sp³-hybridized carbons (Fsp3) is 0.500. The van der Waals surface area contributed by atoms with Gasteiger partial charge in [0.1, 0.15) is 5.82 Å². The monoisotopic (exact) mass is 262 g/mol. The van der Waals surface area contributed by atoms with Crippen LogP contribution in [0.1, 0.15) is 19.8 Å². The van der Waals surface area contributed by atoms with Crippen LogP contribution in [0.15, 0.2) is 18.2 Å². The second-order valence-electron chi connectivity index (χ2n) is 5.46. The molecule has 2 N–H and O–H groups in total. The summed E-state index contributed by atoms with van der Waals surface area (Å²) in [4.78, 5) is 6.61. The van der Waals surface area contributed by atoms with Crippen molar-refractivity contribution in [3.63, 3.8) is 0 Å². The molecule has 0 bridgehead atoms. The smallest absolute Gasteiger partial charge is 0.201 e. The Labute approximate surface area is 112 Å². The van der Waals surface area contributed by atoms with Crippen molar-refractivity contribution < 1.29 is 4.39 Å². The number of halogens is 1. The van der Waals surface area contributed by atoms with Gasteiger partial charge >= 0.3 is 0 Å². The number of hydrogen-bond donors (Lipinski definition) is 1. The van der Waals surface area contributed by atoms with Gasteiger partial charge in [-0.15, -0.1) is 0 Å². The predicted octanol–water partition coefficient (Wildman–Crippen LogP) is 2.24.